The Bertz CT molecular complexity index is 1400. The summed E-state index contributed by atoms with van der Waals surface area (Å²) in [6, 6.07) is 31.9. The van der Waals surface area contributed by atoms with Gasteiger partial charge >= 0.3 is 5.97 Å². The van der Waals surface area contributed by atoms with Gasteiger partial charge in [-0.1, -0.05) is 48.5 Å². The van der Waals surface area contributed by atoms with E-state index in [0.717, 1.165) is 11.1 Å². The SMILES string of the molecule is CC(=O)Oc1ccc(C=Nc2ccc(N(Cc3ccccc3)S(=O)(=O)c3ccccc3)cc2)cc1. The Morgan fingerprint density at radius 2 is 1.43 bits per heavy atom. The summed E-state index contributed by atoms with van der Waals surface area (Å²) in [7, 11) is -3.77. The molecule has 0 saturated heterocycles. The lowest BCUT2D eigenvalue weighted by Crippen LogP contribution is -2.30. The van der Waals surface area contributed by atoms with Crippen molar-refractivity contribution in [2.75, 3.05) is 4.31 Å². The molecule has 0 spiro atoms. The van der Waals surface area contributed by atoms with Gasteiger partial charge < -0.3 is 4.74 Å². The summed E-state index contributed by atoms with van der Waals surface area (Å²) in [6.45, 7) is 1.56. The van der Waals surface area contributed by atoms with Crippen molar-refractivity contribution in [2.24, 2.45) is 4.99 Å². The lowest BCUT2D eigenvalue weighted by Gasteiger charge is -2.25. The average molecular weight is 485 g/mol. The van der Waals surface area contributed by atoms with Crippen LogP contribution in [0.5, 0.6) is 5.75 Å². The summed E-state index contributed by atoms with van der Waals surface area (Å²) in [5.41, 5.74) is 2.94. The number of esters is 1. The molecule has 0 radical (unpaired) electrons. The van der Waals surface area contributed by atoms with Crippen LogP contribution in [-0.2, 0) is 21.4 Å². The number of sulfonamides is 1. The molecule has 0 aliphatic heterocycles. The van der Waals surface area contributed by atoms with Crippen LogP contribution >= 0.6 is 0 Å². The summed E-state index contributed by atoms with van der Waals surface area (Å²) in [5.74, 6) is 0.0965. The van der Waals surface area contributed by atoms with E-state index in [-0.39, 0.29) is 17.4 Å². The second-order valence-corrected chi connectivity index (χ2v) is 9.61. The molecule has 35 heavy (non-hydrogen) atoms. The average Bonchev–Trinajstić information content (AvgIpc) is 2.88. The van der Waals surface area contributed by atoms with Gasteiger partial charge in [0.1, 0.15) is 5.75 Å². The van der Waals surface area contributed by atoms with Gasteiger partial charge in [-0.05, 0) is 71.8 Å². The standard InChI is InChI=1S/C28H24N2O4S/c1-22(31)34-27-18-12-23(13-19-27)20-29-25-14-16-26(17-15-25)30(21-24-8-4-2-5-9-24)35(32,33)28-10-6-3-7-11-28/h2-20H,21H2,1H3. The molecular formula is C28H24N2O4S. The fourth-order valence-corrected chi connectivity index (χ4v) is 4.90. The molecule has 0 unspecified atom stereocenters. The highest BCUT2D eigenvalue weighted by Gasteiger charge is 2.25. The molecule has 4 aromatic rings. The van der Waals surface area contributed by atoms with Crippen molar-refractivity contribution in [1.29, 1.82) is 0 Å². The van der Waals surface area contributed by atoms with E-state index in [9.17, 15) is 13.2 Å². The molecule has 7 heteroatoms. The van der Waals surface area contributed by atoms with E-state index in [1.165, 1.54) is 11.2 Å². The van der Waals surface area contributed by atoms with E-state index < -0.39 is 10.0 Å². The van der Waals surface area contributed by atoms with Crippen molar-refractivity contribution >= 4 is 33.6 Å². The van der Waals surface area contributed by atoms with Gasteiger partial charge in [0.25, 0.3) is 10.0 Å². The van der Waals surface area contributed by atoms with Crippen LogP contribution in [0.4, 0.5) is 11.4 Å². The van der Waals surface area contributed by atoms with Gasteiger partial charge in [-0.25, -0.2) is 8.42 Å². The number of carbonyl (C=O) groups excluding carboxylic acids is 1. The van der Waals surface area contributed by atoms with Gasteiger partial charge in [-0.3, -0.25) is 14.1 Å². The Hall–Kier alpha value is -4.23. The zero-order valence-electron chi connectivity index (χ0n) is 19.1. The molecule has 0 heterocycles. The van der Waals surface area contributed by atoms with Crippen molar-refractivity contribution in [2.45, 2.75) is 18.4 Å². The Morgan fingerprint density at radius 1 is 0.829 bits per heavy atom. The second-order valence-electron chi connectivity index (χ2n) is 7.75. The van der Waals surface area contributed by atoms with Crippen LogP contribution in [0.2, 0.25) is 0 Å². The quantitative estimate of drug-likeness (QED) is 0.181. The largest absolute Gasteiger partial charge is 0.427 e. The van der Waals surface area contributed by atoms with Crippen LogP contribution in [-0.4, -0.2) is 20.6 Å². The maximum atomic E-state index is 13.5. The molecule has 0 atom stereocenters. The number of rotatable bonds is 8. The molecule has 0 amide bonds. The number of hydrogen-bond acceptors (Lipinski definition) is 5. The predicted molar refractivity (Wildman–Crippen MR) is 138 cm³/mol. The van der Waals surface area contributed by atoms with Crippen LogP contribution in [0.15, 0.2) is 119 Å². The summed E-state index contributed by atoms with van der Waals surface area (Å²) < 4.78 is 33.4. The van der Waals surface area contributed by atoms with Crippen molar-refractivity contribution in [1.82, 2.24) is 0 Å². The third-order valence-corrected chi connectivity index (χ3v) is 6.93. The topological polar surface area (TPSA) is 76.0 Å². The highest BCUT2D eigenvalue weighted by molar-refractivity contribution is 7.92. The Kier molecular flexibility index (Phi) is 7.38. The first-order valence-electron chi connectivity index (χ1n) is 11.0. The molecular weight excluding hydrogens is 460 g/mol. The van der Waals surface area contributed by atoms with Gasteiger partial charge in [-0.15, -0.1) is 0 Å². The number of hydrogen-bond donors (Lipinski definition) is 0. The van der Waals surface area contributed by atoms with Gasteiger partial charge in [0, 0.05) is 13.1 Å². The molecule has 0 fully saturated rings. The Balaban J connectivity index is 1.58. The first kappa shape index (κ1) is 23.9. The fraction of sp³-hybridized carbons (Fsp3) is 0.0714. The Labute approximate surface area is 205 Å². The monoisotopic (exact) mass is 484 g/mol. The molecule has 0 aromatic heterocycles. The van der Waals surface area contributed by atoms with E-state index in [1.807, 2.05) is 30.3 Å². The summed E-state index contributed by atoms with van der Waals surface area (Å²) >= 11 is 0. The van der Waals surface area contributed by atoms with E-state index in [1.54, 1.807) is 85.1 Å². The lowest BCUT2D eigenvalue weighted by molar-refractivity contribution is -0.131. The number of benzene rings is 4. The first-order chi connectivity index (χ1) is 16.9. The molecule has 6 nitrogen and oxygen atoms in total. The molecule has 0 saturated carbocycles. The molecule has 176 valence electrons. The molecule has 0 aliphatic carbocycles. The van der Waals surface area contributed by atoms with Gasteiger partial charge in [0.2, 0.25) is 0 Å². The highest BCUT2D eigenvalue weighted by Crippen LogP contribution is 2.28. The molecule has 4 rings (SSSR count). The maximum absolute atomic E-state index is 13.5. The maximum Gasteiger partial charge on any atom is 0.308 e. The molecule has 4 aromatic carbocycles. The normalized spacial score (nSPS) is 11.3. The van der Waals surface area contributed by atoms with E-state index in [2.05, 4.69) is 4.99 Å². The van der Waals surface area contributed by atoms with Crippen LogP contribution in [0.25, 0.3) is 0 Å². The third-order valence-electron chi connectivity index (χ3n) is 5.14. The minimum atomic E-state index is -3.77. The highest BCUT2D eigenvalue weighted by atomic mass is 32.2. The minimum absolute atomic E-state index is 0.204. The number of nitrogens with zero attached hydrogens (tertiary/aromatic N) is 2. The number of carbonyl (C=O) groups is 1. The molecule has 0 N–H and O–H groups in total. The zero-order valence-corrected chi connectivity index (χ0v) is 19.9. The van der Waals surface area contributed by atoms with Crippen molar-refractivity contribution in [3.05, 3.63) is 120 Å². The fourth-order valence-electron chi connectivity index (χ4n) is 3.43. The van der Waals surface area contributed by atoms with Gasteiger partial charge in [-0.2, -0.15) is 0 Å². The summed E-state index contributed by atoms with van der Waals surface area (Å²) in [4.78, 5) is 15.7. The van der Waals surface area contributed by atoms with E-state index >= 15 is 0 Å². The van der Waals surface area contributed by atoms with Crippen molar-refractivity contribution in [3.63, 3.8) is 0 Å². The van der Waals surface area contributed by atoms with E-state index in [4.69, 9.17) is 4.74 Å². The van der Waals surface area contributed by atoms with Gasteiger partial charge in [0.05, 0.1) is 22.8 Å². The minimum Gasteiger partial charge on any atom is -0.427 e. The second kappa shape index (κ2) is 10.8. The van der Waals surface area contributed by atoms with Crippen molar-refractivity contribution in [3.8, 4) is 5.75 Å². The Morgan fingerprint density at radius 3 is 2.03 bits per heavy atom. The number of ether oxygens (including phenoxy) is 1. The smallest absolute Gasteiger partial charge is 0.308 e. The third kappa shape index (κ3) is 6.22. The van der Waals surface area contributed by atoms with Crippen LogP contribution < -0.4 is 9.04 Å². The van der Waals surface area contributed by atoms with E-state index in [0.29, 0.717) is 17.1 Å². The van der Waals surface area contributed by atoms with Gasteiger partial charge in [0.15, 0.2) is 0 Å². The van der Waals surface area contributed by atoms with Crippen LogP contribution in [0, 0.1) is 0 Å². The molecule has 0 aliphatic rings. The number of anilines is 1. The van der Waals surface area contributed by atoms with Crippen LogP contribution in [0.1, 0.15) is 18.1 Å². The lowest BCUT2D eigenvalue weighted by atomic mass is 10.2. The number of aliphatic imine (C=N–C) groups is 1. The predicted octanol–water partition coefficient (Wildman–Crippen LogP) is 5.76. The zero-order chi connectivity index (χ0) is 24.7. The molecule has 0 bridgehead atoms. The summed E-state index contributed by atoms with van der Waals surface area (Å²) in [6.07, 6.45) is 1.69. The first-order valence-corrected chi connectivity index (χ1v) is 12.4. The summed E-state index contributed by atoms with van der Waals surface area (Å²) in [5, 5.41) is 0. The van der Waals surface area contributed by atoms with Crippen molar-refractivity contribution < 1.29 is 17.9 Å². The van der Waals surface area contributed by atoms with Crippen LogP contribution in [0.3, 0.4) is 0 Å².